The molecule has 0 saturated heterocycles. The highest BCUT2D eigenvalue weighted by Gasteiger charge is 2.24. The number of aromatic amines is 1. The number of amides is 3. The van der Waals surface area contributed by atoms with E-state index in [-0.39, 0.29) is 5.91 Å². The highest BCUT2D eigenvalue weighted by atomic mass is 16.5. The zero-order valence-electron chi connectivity index (χ0n) is 14.9. The van der Waals surface area contributed by atoms with Crippen molar-refractivity contribution in [2.75, 3.05) is 17.7 Å². The van der Waals surface area contributed by atoms with E-state index >= 15 is 0 Å². The summed E-state index contributed by atoms with van der Waals surface area (Å²) in [6.45, 7) is 0. The van der Waals surface area contributed by atoms with Gasteiger partial charge >= 0.3 is 6.03 Å². The first-order chi connectivity index (χ1) is 13.5. The summed E-state index contributed by atoms with van der Waals surface area (Å²) in [5.41, 5.74) is 10.1. The highest BCUT2D eigenvalue weighted by Crippen LogP contribution is 2.35. The fourth-order valence-corrected chi connectivity index (χ4v) is 3.06. The van der Waals surface area contributed by atoms with Gasteiger partial charge in [-0.25, -0.2) is 4.79 Å². The first kappa shape index (κ1) is 17.3. The van der Waals surface area contributed by atoms with Crippen molar-refractivity contribution in [1.29, 1.82) is 0 Å². The lowest BCUT2D eigenvalue weighted by Gasteiger charge is -2.04. The van der Waals surface area contributed by atoms with E-state index in [1.807, 2.05) is 18.3 Å². The Hall–Kier alpha value is -4.07. The molecule has 1 aliphatic rings. The van der Waals surface area contributed by atoms with Gasteiger partial charge in [0.25, 0.3) is 5.91 Å². The molecule has 0 unspecified atom stereocenters. The average Bonchev–Trinajstić information content (AvgIpc) is 3.27. The van der Waals surface area contributed by atoms with Gasteiger partial charge in [-0.1, -0.05) is 0 Å². The Bertz CT molecular complexity index is 1120. The fraction of sp³-hybridized carbons (Fsp3) is 0.0500. The molecular formula is C20H17N5O3. The first-order valence-electron chi connectivity index (χ1n) is 8.45. The topological polar surface area (TPSA) is 122 Å². The summed E-state index contributed by atoms with van der Waals surface area (Å²) >= 11 is 0. The van der Waals surface area contributed by atoms with Crippen LogP contribution in [0.2, 0.25) is 0 Å². The Morgan fingerprint density at radius 2 is 2.07 bits per heavy atom. The number of nitrogens with two attached hydrogens (primary N) is 1. The van der Waals surface area contributed by atoms with E-state index in [1.165, 1.54) is 0 Å². The zero-order valence-corrected chi connectivity index (χ0v) is 14.9. The SMILES string of the molecule is COc1cncc(-c2c[nH]c(C=C3C(=O)Nc4ccc(NC(N)=O)cc43)c2)c1. The maximum Gasteiger partial charge on any atom is 0.316 e. The summed E-state index contributed by atoms with van der Waals surface area (Å²) in [6, 6.07) is 8.24. The number of benzene rings is 1. The van der Waals surface area contributed by atoms with Crippen molar-refractivity contribution in [1.82, 2.24) is 9.97 Å². The molecule has 8 nitrogen and oxygen atoms in total. The molecule has 0 aliphatic carbocycles. The number of aromatic nitrogens is 2. The Kier molecular flexibility index (Phi) is 4.29. The number of hydrogen-bond donors (Lipinski definition) is 4. The van der Waals surface area contributed by atoms with Crippen LogP contribution in [0.1, 0.15) is 11.3 Å². The number of urea groups is 1. The highest BCUT2D eigenvalue weighted by molar-refractivity contribution is 6.35. The number of rotatable bonds is 4. The number of nitrogens with one attached hydrogen (secondary N) is 3. The van der Waals surface area contributed by atoms with Crippen molar-refractivity contribution in [3.63, 3.8) is 0 Å². The number of carbonyl (C=O) groups is 2. The van der Waals surface area contributed by atoms with E-state index in [2.05, 4.69) is 20.6 Å². The van der Waals surface area contributed by atoms with Crippen molar-refractivity contribution in [3.05, 3.63) is 60.2 Å². The first-order valence-corrected chi connectivity index (χ1v) is 8.45. The van der Waals surface area contributed by atoms with Crippen LogP contribution in [-0.2, 0) is 4.79 Å². The van der Waals surface area contributed by atoms with Crippen molar-refractivity contribution in [3.8, 4) is 16.9 Å². The lowest BCUT2D eigenvalue weighted by Crippen LogP contribution is -2.19. The maximum absolute atomic E-state index is 12.4. The second kappa shape index (κ2) is 6.92. The zero-order chi connectivity index (χ0) is 19.7. The molecule has 0 radical (unpaired) electrons. The molecule has 1 aromatic carbocycles. The van der Waals surface area contributed by atoms with E-state index in [4.69, 9.17) is 10.5 Å². The van der Waals surface area contributed by atoms with Crippen molar-refractivity contribution in [2.45, 2.75) is 0 Å². The molecule has 8 heteroatoms. The maximum atomic E-state index is 12.4. The van der Waals surface area contributed by atoms with Gasteiger partial charge in [0.05, 0.1) is 18.9 Å². The number of fused-ring (bicyclic) bond motifs is 1. The third kappa shape index (κ3) is 3.30. The molecular weight excluding hydrogens is 358 g/mol. The van der Waals surface area contributed by atoms with Gasteiger partial charge < -0.3 is 26.1 Å². The van der Waals surface area contributed by atoms with Gasteiger partial charge in [-0.3, -0.25) is 9.78 Å². The van der Waals surface area contributed by atoms with Gasteiger partial charge in [0.2, 0.25) is 0 Å². The molecule has 0 spiro atoms. The van der Waals surface area contributed by atoms with Crippen molar-refractivity contribution in [2.24, 2.45) is 5.73 Å². The largest absolute Gasteiger partial charge is 0.495 e. The molecule has 0 fully saturated rings. The van der Waals surface area contributed by atoms with Crippen LogP contribution in [0.5, 0.6) is 5.75 Å². The van der Waals surface area contributed by atoms with Crippen LogP contribution in [0.3, 0.4) is 0 Å². The third-order valence-corrected chi connectivity index (χ3v) is 4.36. The van der Waals surface area contributed by atoms with Crippen LogP contribution < -0.4 is 21.1 Å². The van der Waals surface area contributed by atoms with Crippen molar-refractivity contribution >= 4 is 35.0 Å². The normalized spacial score (nSPS) is 13.9. The molecule has 3 aromatic rings. The molecule has 0 saturated carbocycles. The number of hydrogen-bond acceptors (Lipinski definition) is 4. The molecule has 5 N–H and O–H groups in total. The van der Waals surface area contributed by atoms with Gasteiger partial charge in [0.15, 0.2) is 0 Å². The molecule has 28 heavy (non-hydrogen) atoms. The predicted octanol–water partition coefficient (Wildman–Crippen LogP) is 3.07. The summed E-state index contributed by atoms with van der Waals surface area (Å²) in [7, 11) is 1.59. The molecule has 4 rings (SSSR count). The minimum Gasteiger partial charge on any atom is -0.495 e. The molecule has 2 aromatic heterocycles. The van der Waals surface area contributed by atoms with Crippen LogP contribution in [0.25, 0.3) is 22.8 Å². The van der Waals surface area contributed by atoms with Gasteiger partial charge in [-0.15, -0.1) is 0 Å². The number of carbonyl (C=O) groups excluding carboxylic acids is 2. The predicted molar refractivity (Wildman–Crippen MR) is 107 cm³/mol. The van der Waals surface area contributed by atoms with Gasteiger partial charge in [0, 0.05) is 46.2 Å². The Labute approximate surface area is 160 Å². The molecule has 3 amide bonds. The summed E-state index contributed by atoms with van der Waals surface area (Å²) in [6.07, 6.45) is 6.96. The monoisotopic (exact) mass is 375 g/mol. The Balaban J connectivity index is 1.68. The standard InChI is InChI=1S/C20H17N5O3/c1-28-15-5-12(8-22-10-15)11-4-14(23-9-11)7-17-16-6-13(24-20(21)27)2-3-18(16)25-19(17)26/h2-10,23H,1H3,(H,25,26)(H3,21,24,27). The second-order valence-corrected chi connectivity index (χ2v) is 6.22. The van der Waals surface area contributed by atoms with E-state index in [0.717, 1.165) is 16.8 Å². The van der Waals surface area contributed by atoms with Gasteiger partial charge in [-0.05, 0) is 36.4 Å². The number of ether oxygens (including phenoxy) is 1. The van der Waals surface area contributed by atoms with E-state index < -0.39 is 6.03 Å². The Morgan fingerprint density at radius 1 is 1.21 bits per heavy atom. The quantitative estimate of drug-likeness (QED) is 0.523. The van der Waals surface area contributed by atoms with Crippen LogP contribution in [-0.4, -0.2) is 29.0 Å². The smallest absolute Gasteiger partial charge is 0.316 e. The second-order valence-electron chi connectivity index (χ2n) is 6.22. The Morgan fingerprint density at radius 3 is 2.86 bits per heavy atom. The molecule has 3 heterocycles. The van der Waals surface area contributed by atoms with E-state index in [1.54, 1.807) is 43.8 Å². The number of pyridine rings is 1. The van der Waals surface area contributed by atoms with Crippen LogP contribution >= 0.6 is 0 Å². The minimum atomic E-state index is -0.663. The minimum absolute atomic E-state index is 0.217. The van der Waals surface area contributed by atoms with Crippen LogP contribution in [0.15, 0.2) is 48.9 Å². The molecule has 1 aliphatic heterocycles. The van der Waals surface area contributed by atoms with Crippen LogP contribution in [0.4, 0.5) is 16.2 Å². The van der Waals surface area contributed by atoms with Crippen LogP contribution in [0, 0.1) is 0 Å². The number of nitrogens with zero attached hydrogens (tertiary/aromatic N) is 1. The number of primary amides is 1. The number of H-pyrrole nitrogens is 1. The summed E-state index contributed by atoms with van der Waals surface area (Å²) < 4.78 is 5.21. The number of methoxy groups -OCH3 is 1. The average molecular weight is 375 g/mol. The summed E-state index contributed by atoms with van der Waals surface area (Å²) in [5.74, 6) is 0.447. The number of anilines is 2. The van der Waals surface area contributed by atoms with Gasteiger partial charge in [0.1, 0.15) is 5.75 Å². The molecule has 140 valence electrons. The summed E-state index contributed by atoms with van der Waals surface area (Å²) in [4.78, 5) is 30.8. The summed E-state index contributed by atoms with van der Waals surface area (Å²) in [5, 5.41) is 5.33. The van der Waals surface area contributed by atoms with E-state index in [9.17, 15) is 9.59 Å². The fourth-order valence-electron chi connectivity index (χ4n) is 3.06. The van der Waals surface area contributed by atoms with Gasteiger partial charge in [-0.2, -0.15) is 0 Å². The third-order valence-electron chi connectivity index (χ3n) is 4.36. The lowest BCUT2D eigenvalue weighted by atomic mass is 10.0. The van der Waals surface area contributed by atoms with Crippen molar-refractivity contribution < 1.29 is 14.3 Å². The van der Waals surface area contributed by atoms with E-state index in [0.29, 0.717) is 28.3 Å². The lowest BCUT2D eigenvalue weighted by molar-refractivity contribution is -0.110. The molecule has 0 bridgehead atoms. The molecule has 0 atom stereocenters.